The van der Waals surface area contributed by atoms with Crippen molar-refractivity contribution >= 4 is 10.9 Å². The van der Waals surface area contributed by atoms with Crippen LogP contribution < -0.4 is 11.1 Å². The number of rotatable bonds is 5. The first-order chi connectivity index (χ1) is 9.10. The molecule has 0 aliphatic carbocycles. The Morgan fingerprint density at radius 1 is 1.37 bits per heavy atom. The Balaban J connectivity index is 2.28. The predicted molar refractivity (Wildman–Crippen MR) is 81.1 cm³/mol. The zero-order valence-corrected chi connectivity index (χ0v) is 11.6. The van der Waals surface area contributed by atoms with Crippen LogP contribution in [0.1, 0.15) is 24.2 Å². The van der Waals surface area contributed by atoms with Crippen molar-refractivity contribution in [2.24, 2.45) is 5.73 Å². The molecule has 1 aromatic heterocycles. The van der Waals surface area contributed by atoms with E-state index in [1.807, 2.05) is 19.9 Å². The molecule has 0 saturated carbocycles. The first kappa shape index (κ1) is 13.7. The second kappa shape index (κ2) is 5.95. The Bertz CT molecular complexity index is 590. The predicted octanol–water partition coefficient (Wildman–Crippen LogP) is 2.71. The third kappa shape index (κ3) is 3.40. The van der Waals surface area contributed by atoms with Crippen LogP contribution in [-0.2, 0) is 0 Å². The first-order valence-electron chi connectivity index (χ1n) is 6.55. The highest BCUT2D eigenvalue weighted by Gasteiger charge is 2.09. The maximum atomic E-state index is 5.85. The molecule has 2 aromatic rings. The fourth-order valence-corrected chi connectivity index (χ4v) is 2.10. The van der Waals surface area contributed by atoms with Gasteiger partial charge in [-0.3, -0.25) is 4.98 Å². The van der Waals surface area contributed by atoms with Crippen molar-refractivity contribution in [2.45, 2.75) is 19.9 Å². The van der Waals surface area contributed by atoms with Crippen molar-refractivity contribution in [1.29, 1.82) is 0 Å². The fourth-order valence-electron chi connectivity index (χ4n) is 2.10. The van der Waals surface area contributed by atoms with E-state index in [-0.39, 0.29) is 6.04 Å². The van der Waals surface area contributed by atoms with Gasteiger partial charge in [-0.05, 0) is 37.6 Å². The largest absolute Gasteiger partial charge is 0.329 e. The summed E-state index contributed by atoms with van der Waals surface area (Å²) < 4.78 is 0. The first-order valence-corrected chi connectivity index (χ1v) is 6.55. The van der Waals surface area contributed by atoms with E-state index in [0.717, 1.165) is 28.7 Å². The molecule has 0 saturated heterocycles. The SMILES string of the molecule is C=C(C)CNC(CN)c1ccc2nc(C)ccc2c1. The number of nitrogens with one attached hydrogen (secondary N) is 1. The Kier molecular flexibility index (Phi) is 4.30. The molecule has 3 heteroatoms. The molecule has 3 nitrogen and oxygen atoms in total. The minimum atomic E-state index is 0.155. The Morgan fingerprint density at radius 3 is 2.84 bits per heavy atom. The Morgan fingerprint density at radius 2 is 2.16 bits per heavy atom. The maximum absolute atomic E-state index is 5.85. The van der Waals surface area contributed by atoms with Gasteiger partial charge in [0.15, 0.2) is 0 Å². The molecule has 100 valence electrons. The van der Waals surface area contributed by atoms with Crippen molar-refractivity contribution < 1.29 is 0 Å². The summed E-state index contributed by atoms with van der Waals surface area (Å²) in [5, 5.41) is 4.57. The van der Waals surface area contributed by atoms with Gasteiger partial charge in [-0.2, -0.15) is 0 Å². The van der Waals surface area contributed by atoms with Gasteiger partial charge in [-0.15, -0.1) is 0 Å². The molecule has 0 aliphatic heterocycles. The zero-order valence-electron chi connectivity index (χ0n) is 11.6. The zero-order chi connectivity index (χ0) is 13.8. The number of hydrogen-bond acceptors (Lipinski definition) is 3. The van der Waals surface area contributed by atoms with Gasteiger partial charge in [-0.25, -0.2) is 0 Å². The lowest BCUT2D eigenvalue weighted by Crippen LogP contribution is -2.29. The Labute approximate surface area is 114 Å². The topological polar surface area (TPSA) is 50.9 Å². The number of aromatic nitrogens is 1. The van der Waals surface area contributed by atoms with Crippen LogP contribution >= 0.6 is 0 Å². The minimum Gasteiger partial charge on any atom is -0.329 e. The summed E-state index contributed by atoms with van der Waals surface area (Å²) in [7, 11) is 0. The second-order valence-electron chi connectivity index (χ2n) is 5.03. The lowest BCUT2D eigenvalue weighted by molar-refractivity contribution is 0.570. The fraction of sp³-hybridized carbons (Fsp3) is 0.312. The van der Waals surface area contributed by atoms with Crippen molar-refractivity contribution in [3.63, 3.8) is 0 Å². The van der Waals surface area contributed by atoms with E-state index in [1.54, 1.807) is 0 Å². The van der Waals surface area contributed by atoms with Crippen LogP contribution in [0.5, 0.6) is 0 Å². The molecule has 1 atom stereocenters. The summed E-state index contributed by atoms with van der Waals surface area (Å²) in [4.78, 5) is 4.51. The molecule has 0 bridgehead atoms. The van der Waals surface area contributed by atoms with Gasteiger partial charge in [0, 0.05) is 30.2 Å². The molecule has 0 aliphatic rings. The van der Waals surface area contributed by atoms with Crippen LogP contribution in [0.25, 0.3) is 10.9 Å². The van der Waals surface area contributed by atoms with Gasteiger partial charge in [-0.1, -0.05) is 24.3 Å². The summed E-state index contributed by atoms with van der Waals surface area (Å²) in [5.41, 5.74) is 10.2. The van der Waals surface area contributed by atoms with E-state index in [9.17, 15) is 0 Å². The van der Waals surface area contributed by atoms with E-state index < -0.39 is 0 Å². The molecule has 1 aromatic carbocycles. The highest BCUT2D eigenvalue weighted by Crippen LogP contribution is 2.19. The molecular formula is C16H21N3. The number of nitrogens with two attached hydrogens (primary N) is 1. The molecule has 1 heterocycles. The standard InChI is InChI=1S/C16H21N3/c1-11(2)10-18-16(9-17)14-6-7-15-13(8-14)5-4-12(3)19-15/h4-8,16,18H,1,9-10,17H2,2-3H3. The highest BCUT2D eigenvalue weighted by atomic mass is 14.9. The number of hydrogen-bond donors (Lipinski definition) is 2. The molecule has 0 radical (unpaired) electrons. The normalized spacial score (nSPS) is 12.6. The quantitative estimate of drug-likeness (QED) is 0.808. The summed E-state index contributed by atoms with van der Waals surface area (Å²) in [6.45, 7) is 9.26. The lowest BCUT2D eigenvalue weighted by Gasteiger charge is -2.18. The molecule has 19 heavy (non-hydrogen) atoms. The van der Waals surface area contributed by atoms with Crippen molar-refractivity contribution in [1.82, 2.24) is 10.3 Å². The van der Waals surface area contributed by atoms with Gasteiger partial charge in [0.1, 0.15) is 0 Å². The van der Waals surface area contributed by atoms with E-state index in [0.29, 0.717) is 6.54 Å². The van der Waals surface area contributed by atoms with Gasteiger partial charge in [0.05, 0.1) is 5.52 Å². The minimum absolute atomic E-state index is 0.155. The van der Waals surface area contributed by atoms with Crippen LogP contribution in [0.15, 0.2) is 42.5 Å². The molecule has 1 unspecified atom stereocenters. The number of pyridine rings is 1. The van der Waals surface area contributed by atoms with Crippen molar-refractivity contribution in [3.8, 4) is 0 Å². The van der Waals surface area contributed by atoms with Crippen LogP contribution in [0.3, 0.4) is 0 Å². The number of fused-ring (bicyclic) bond motifs is 1. The van der Waals surface area contributed by atoms with Crippen molar-refractivity contribution in [3.05, 3.63) is 53.7 Å². The number of benzene rings is 1. The van der Waals surface area contributed by atoms with Crippen LogP contribution in [-0.4, -0.2) is 18.1 Å². The Hall–Kier alpha value is -1.71. The lowest BCUT2D eigenvalue weighted by atomic mass is 10.0. The molecule has 0 fully saturated rings. The van der Waals surface area contributed by atoms with Gasteiger partial charge in [0.2, 0.25) is 0 Å². The molecule has 0 amide bonds. The molecule has 2 rings (SSSR count). The summed E-state index contributed by atoms with van der Waals surface area (Å²) in [5.74, 6) is 0. The smallest absolute Gasteiger partial charge is 0.0705 e. The van der Waals surface area contributed by atoms with Gasteiger partial charge >= 0.3 is 0 Å². The van der Waals surface area contributed by atoms with Gasteiger partial charge in [0.25, 0.3) is 0 Å². The number of nitrogens with zero attached hydrogens (tertiary/aromatic N) is 1. The molecule has 3 N–H and O–H groups in total. The highest BCUT2D eigenvalue weighted by molar-refractivity contribution is 5.79. The molecule has 0 spiro atoms. The average Bonchev–Trinajstić information content (AvgIpc) is 2.39. The van der Waals surface area contributed by atoms with E-state index >= 15 is 0 Å². The van der Waals surface area contributed by atoms with Crippen LogP contribution in [0.4, 0.5) is 0 Å². The summed E-state index contributed by atoms with van der Waals surface area (Å²) in [6, 6.07) is 10.6. The van der Waals surface area contributed by atoms with Crippen LogP contribution in [0, 0.1) is 6.92 Å². The summed E-state index contributed by atoms with van der Waals surface area (Å²) in [6.07, 6.45) is 0. The number of aryl methyl sites for hydroxylation is 1. The average molecular weight is 255 g/mol. The monoisotopic (exact) mass is 255 g/mol. The van der Waals surface area contributed by atoms with Gasteiger partial charge < -0.3 is 11.1 Å². The van der Waals surface area contributed by atoms with Crippen LogP contribution in [0.2, 0.25) is 0 Å². The third-order valence-electron chi connectivity index (χ3n) is 3.14. The van der Waals surface area contributed by atoms with E-state index in [4.69, 9.17) is 5.73 Å². The third-order valence-corrected chi connectivity index (χ3v) is 3.14. The molecular weight excluding hydrogens is 234 g/mol. The van der Waals surface area contributed by atoms with E-state index in [1.165, 1.54) is 5.56 Å². The maximum Gasteiger partial charge on any atom is 0.0705 e. The van der Waals surface area contributed by atoms with E-state index in [2.05, 4.69) is 41.1 Å². The summed E-state index contributed by atoms with van der Waals surface area (Å²) >= 11 is 0. The second-order valence-corrected chi connectivity index (χ2v) is 5.03. The van der Waals surface area contributed by atoms with Crippen molar-refractivity contribution in [2.75, 3.05) is 13.1 Å².